The zero-order valence-electron chi connectivity index (χ0n) is 11.5. The summed E-state index contributed by atoms with van der Waals surface area (Å²) in [6.45, 7) is 3.97. The molecule has 0 radical (unpaired) electrons. The standard InChI is InChI=1S/C14H18F2N2O2/c1-9-8-18(6-5-11(9)17-2)10-3-4-12-13(7-10)20-14(15,16)19-12/h3-4,7,9,11,17H,5-6,8H2,1-2H3. The normalized spacial score (nSPS) is 27.7. The second kappa shape index (κ2) is 4.77. The first-order valence-electron chi connectivity index (χ1n) is 6.80. The van der Waals surface area contributed by atoms with Crippen LogP contribution in [0.2, 0.25) is 0 Å². The van der Waals surface area contributed by atoms with Crippen molar-refractivity contribution in [1.29, 1.82) is 0 Å². The molecule has 2 atom stereocenters. The van der Waals surface area contributed by atoms with Gasteiger partial charge >= 0.3 is 6.29 Å². The zero-order valence-corrected chi connectivity index (χ0v) is 11.5. The Balaban J connectivity index is 1.77. The first-order valence-corrected chi connectivity index (χ1v) is 6.80. The van der Waals surface area contributed by atoms with Crippen molar-refractivity contribution >= 4 is 5.69 Å². The van der Waals surface area contributed by atoms with Crippen molar-refractivity contribution in [1.82, 2.24) is 5.32 Å². The number of ether oxygens (including phenoxy) is 2. The number of hydrogen-bond acceptors (Lipinski definition) is 4. The third-order valence-electron chi connectivity index (χ3n) is 4.03. The van der Waals surface area contributed by atoms with Gasteiger partial charge in [-0.3, -0.25) is 0 Å². The molecule has 110 valence electrons. The maximum atomic E-state index is 13.0. The molecule has 1 aromatic rings. The van der Waals surface area contributed by atoms with Gasteiger partial charge in [0.05, 0.1) is 0 Å². The predicted molar refractivity (Wildman–Crippen MR) is 71.5 cm³/mol. The van der Waals surface area contributed by atoms with Crippen molar-refractivity contribution in [3.8, 4) is 11.5 Å². The molecule has 0 aromatic heterocycles. The quantitative estimate of drug-likeness (QED) is 0.904. The first-order chi connectivity index (χ1) is 9.48. The Bertz CT molecular complexity index is 510. The van der Waals surface area contributed by atoms with E-state index in [0.29, 0.717) is 12.0 Å². The van der Waals surface area contributed by atoms with E-state index in [9.17, 15) is 8.78 Å². The van der Waals surface area contributed by atoms with Crippen LogP contribution < -0.4 is 19.7 Å². The number of fused-ring (bicyclic) bond motifs is 1. The molecule has 20 heavy (non-hydrogen) atoms. The fourth-order valence-electron chi connectivity index (χ4n) is 2.94. The van der Waals surface area contributed by atoms with Crippen LogP contribution in [0.15, 0.2) is 18.2 Å². The van der Waals surface area contributed by atoms with Gasteiger partial charge in [-0.1, -0.05) is 6.92 Å². The van der Waals surface area contributed by atoms with Crippen molar-refractivity contribution < 1.29 is 18.3 Å². The number of nitrogens with zero attached hydrogens (tertiary/aromatic N) is 1. The minimum absolute atomic E-state index is 0.0944. The molecular weight excluding hydrogens is 266 g/mol. The Kier molecular flexibility index (Phi) is 3.20. The Morgan fingerprint density at radius 3 is 2.75 bits per heavy atom. The van der Waals surface area contributed by atoms with Crippen LogP contribution in [0, 0.1) is 5.92 Å². The van der Waals surface area contributed by atoms with Gasteiger partial charge in [0.15, 0.2) is 11.5 Å². The number of halogens is 2. The number of benzene rings is 1. The molecule has 6 heteroatoms. The van der Waals surface area contributed by atoms with E-state index in [0.717, 1.165) is 25.2 Å². The summed E-state index contributed by atoms with van der Waals surface area (Å²) in [4.78, 5) is 2.19. The predicted octanol–water partition coefficient (Wildman–Crippen LogP) is 2.44. The Morgan fingerprint density at radius 2 is 2.05 bits per heavy atom. The number of alkyl halides is 2. The molecule has 1 saturated heterocycles. The molecule has 1 N–H and O–H groups in total. The van der Waals surface area contributed by atoms with Crippen LogP contribution in [0.4, 0.5) is 14.5 Å². The van der Waals surface area contributed by atoms with Gasteiger partial charge < -0.3 is 19.7 Å². The molecule has 1 aromatic carbocycles. The number of hydrogen-bond donors (Lipinski definition) is 1. The number of piperidine rings is 1. The number of anilines is 1. The minimum atomic E-state index is -3.55. The summed E-state index contributed by atoms with van der Waals surface area (Å²) < 4.78 is 34.9. The third-order valence-corrected chi connectivity index (χ3v) is 4.03. The lowest BCUT2D eigenvalue weighted by Crippen LogP contribution is -2.47. The molecule has 1 fully saturated rings. The highest BCUT2D eigenvalue weighted by atomic mass is 19.3. The average Bonchev–Trinajstić information content (AvgIpc) is 2.71. The van der Waals surface area contributed by atoms with Crippen molar-refractivity contribution in [2.45, 2.75) is 25.7 Å². The van der Waals surface area contributed by atoms with Crippen molar-refractivity contribution in [3.05, 3.63) is 18.2 Å². The largest absolute Gasteiger partial charge is 0.586 e. The molecule has 2 heterocycles. The maximum Gasteiger partial charge on any atom is 0.586 e. The average molecular weight is 284 g/mol. The smallest absolute Gasteiger partial charge is 0.395 e. The van der Waals surface area contributed by atoms with Gasteiger partial charge in [0, 0.05) is 30.9 Å². The van der Waals surface area contributed by atoms with Crippen molar-refractivity contribution in [3.63, 3.8) is 0 Å². The molecule has 0 saturated carbocycles. The lowest BCUT2D eigenvalue weighted by molar-refractivity contribution is -0.286. The third kappa shape index (κ3) is 2.40. The summed E-state index contributed by atoms with van der Waals surface area (Å²) in [5.74, 6) is 0.702. The van der Waals surface area contributed by atoms with Gasteiger partial charge in [0.25, 0.3) is 0 Å². The van der Waals surface area contributed by atoms with E-state index in [4.69, 9.17) is 0 Å². The summed E-state index contributed by atoms with van der Waals surface area (Å²) in [7, 11) is 1.97. The van der Waals surface area contributed by atoms with E-state index in [2.05, 4.69) is 26.6 Å². The Morgan fingerprint density at radius 1 is 1.30 bits per heavy atom. The fourth-order valence-corrected chi connectivity index (χ4v) is 2.94. The molecule has 2 aliphatic heterocycles. The fraction of sp³-hybridized carbons (Fsp3) is 0.571. The molecular formula is C14H18F2N2O2. The van der Waals surface area contributed by atoms with Gasteiger partial charge in [0.2, 0.25) is 0 Å². The van der Waals surface area contributed by atoms with Gasteiger partial charge in [-0.15, -0.1) is 8.78 Å². The van der Waals surface area contributed by atoms with Crippen LogP contribution in [0.1, 0.15) is 13.3 Å². The zero-order chi connectivity index (χ0) is 14.3. The molecule has 0 amide bonds. The van der Waals surface area contributed by atoms with Gasteiger partial charge in [0.1, 0.15) is 0 Å². The Labute approximate surface area is 116 Å². The number of rotatable bonds is 2. The topological polar surface area (TPSA) is 33.7 Å². The molecule has 4 nitrogen and oxygen atoms in total. The van der Waals surface area contributed by atoms with Crippen LogP contribution >= 0.6 is 0 Å². The molecule has 3 rings (SSSR count). The summed E-state index contributed by atoms with van der Waals surface area (Å²) in [6.07, 6.45) is -2.52. The Hall–Kier alpha value is -1.56. The SMILES string of the molecule is CNC1CCN(c2ccc3c(c2)OC(F)(F)O3)CC1C. The van der Waals surface area contributed by atoms with E-state index in [1.807, 2.05) is 7.05 Å². The lowest BCUT2D eigenvalue weighted by Gasteiger charge is -2.38. The van der Waals surface area contributed by atoms with Crippen LogP contribution in [0.5, 0.6) is 11.5 Å². The number of nitrogens with one attached hydrogen (secondary N) is 1. The highest BCUT2D eigenvalue weighted by Crippen LogP contribution is 2.43. The molecule has 2 unspecified atom stereocenters. The minimum Gasteiger partial charge on any atom is -0.395 e. The van der Waals surface area contributed by atoms with Gasteiger partial charge in [-0.2, -0.15) is 0 Å². The molecule has 0 spiro atoms. The summed E-state index contributed by atoms with van der Waals surface area (Å²) >= 11 is 0. The second-order valence-corrected chi connectivity index (χ2v) is 5.41. The first kappa shape index (κ1) is 13.4. The van der Waals surface area contributed by atoms with Crippen LogP contribution in [0.3, 0.4) is 0 Å². The van der Waals surface area contributed by atoms with Crippen LogP contribution in [-0.4, -0.2) is 32.5 Å². The summed E-state index contributed by atoms with van der Waals surface area (Å²) in [5, 5.41) is 3.31. The van der Waals surface area contributed by atoms with Gasteiger partial charge in [-0.05, 0) is 31.5 Å². The van der Waals surface area contributed by atoms with Crippen LogP contribution in [0.25, 0.3) is 0 Å². The highest BCUT2D eigenvalue weighted by Gasteiger charge is 2.43. The van der Waals surface area contributed by atoms with E-state index < -0.39 is 6.29 Å². The van der Waals surface area contributed by atoms with E-state index >= 15 is 0 Å². The summed E-state index contributed by atoms with van der Waals surface area (Å²) in [5.41, 5.74) is 0.895. The van der Waals surface area contributed by atoms with Crippen LogP contribution in [-0.2, 0) is 0 Å². The monoisotopic (exact) mass is 284 g/mol. The van der Waals surface area contributed by atoms with E-state index in [1.165, 1.54) is 0 Å². The second-order valence-electron chi connectivity index (χ2n) is 5.41. The molecule has 2 aliphatic rings. The van der Waals surface area contributed by atoms with E-state index in [1.54, 1.807) is 18.2 Å². The van der Waals surface area contributed by atoms with Crippen molar-refractivity contribution in [2.75, 3.05) is 25.0 Å². The lowest BCUT2D eigenvalue weighted by atomic mass is 9.93. The van der Waals surface area contributed by atoms with E-state index in [-0.39, 0.29) is 11.5 Å². The maximum absolute atomic E-state index is 13.0. The van der Waals surface area contributed by atoms with Crippen molar-refractivity contribution in [2.24, 2.45) is 5.92 Å². The van der Waals surface area contributed by atoms with Gasteiger partial charge in [-0.25, -0.2) is 0 Å². The molecule has 0 bridgehead atoms. The summed E-state index contributed by atoms with van der Waals surface area (Å²) in [6, 6.07) is 5.48. The molecule has 0 aliphatic carbocycles. The highest BCUT2D eigenvalue weighted by molar-refractivity contribution is 5.57.